The van der Waals surface area contributed by atoms with Gasteiger partial charge in [-0.25, -0.2) is 9.37 Å². The summed E-state index contributed by atoms with van der Waals surface area (Å²) in [6, 6.07) is 11.8. The molecule has 35 heavy (non-hydrogen) atoms. The van der Waals surface area contributed by atoms with Crippen LogP contribution >= 0.6 is 11.3 Å². The first-order valence-corrected chi connectivity index (χ1v) is 13.0. The van der Waals surface area contributed by atoms with Gasteiger partial charge in [-0.1, -0.05) is 12.1 Å². The third-order valence-electron chi connectivity index (χ3n) is 6.92. The molecular formula is C26H31FN4O3S. The number of aromatic nitrogens is 1. The lowest BCUT2D eigenvalue weighted by Gasteiger charge is -2.41. The maximum Gasteiger partial charge on any atom is 0.244 e. The van der Waals surface area contributed by atoms with E-state index in [1.54, 1.807) is 29.5 Å². The molecule has 3 N–H and O–H groups in total. The monoisotopic (exact) mass is 498 g/mol. The molecule has 0 spiro atoms. The lowest BCUT2D eigenvalue weighted by Crippen LogP contribution is -2.59. The molecule has 2 aliphatic heterocycles. The van der Waals surface area contributed by atoms with Crippen molar-refractivity contribution in [2.45, 2.75) is 50.3 Å². The third-order valence-corrected chi connectivity index (χ3v) is 7.88. The standard InChI is InChI=1S/C26H31FN4O3S/c1-17-29-22-14-19(6-7-24(22)35-17)34-16-18(32)15-26(9-11-28-12-10-26)30-21-8-13-31(25(21)33)23-5-3-2-4-20(23)27/h2-7,14,18,21,28,30,32H,8-13,15-16H2,1H3. The number of thiazole rings is 1. The molecular weight excluding hydrogens is 467 g/mol. The molecule has 0 radical (unpaired) electrons. The zero-order chi connectivity index (χ0) is 24.4. The first kappa shape index (κ1) is 24.1. The first-order chi connectivity index (χ1) is 16.9. The molecule has 2 fully saturated rings. The number of amides is 1. The second-order valence-corrected chi connectivity index (χ2v) is 10.7. The fourth-order valence-corrected chi connectivity index (χ4v) is 6.03. The summed E-state index contributed by atoms with van der Waals surface area (Å²) in [7, 11) is 0. The van der Waals surface area contributed by atoms with E-state index in [4.69, 9.17) is 4.74 Å². The fraction of sp³-hybridized carbons (Fsp3) is 0.462. The van der Waals surface area contributed by atoms with Gasteiger partial charge in [0.05, 0.1) is 33.1 Å². The Labute approximate surface area is 208 Å². The quantitative estimate of drug-likeness (QED) is 0.442. The van der Waals surface area contributed by atoms with Crippen LogP contribution in [0, 0.1) is 12.7 Å². The van der Waals surface area contributed by atoms with Gasteiger partial charge in [0.15, 0.2) is 0 Å². The summed E-state index contributed by atoms with van der Waals surface area (Å²) < 4.78 is 21.3. The number of aliphatic hydroxyl groups is 1. The Morgan fingerprint density at radius 3 is 2.91 bits per heavy atom. The zero-order valence-electron chi connectivity index (χ0n) is 19.8. The second-order valence-electron chi connectivity index (χ2n) is 9.49. The summed E-state index contributed by atoms with van der Waals surface area (Å²) in [5.74, 6) is 0.169. The molecule has 5 rings (SSSR count). The van der Waals surface area contributed by atoms with E-state index in [1.165, 1.54) is 11.0 Å². The van der Waals surface area contributed by atoms with Crippen LogP contribution in [0.4, 0.5) is 10.1 Å². The molecule has 1 aromatic heterocycles. The second kappa shape index (κ2) is 10.2. The van der Waals surface area contributed by atoms with E-state index in [9.17, 15) is 14.3 Å². The number of aliphatic hydroxyl groups excluding tert-OH is 1. The molecule has 0 aliphatic carbocycles. The van der Waals surface area contributed by atoms with Gasteiger partial charge in [0.1, 0.15) is 18.2 Å². The van der Waals surface area contributed by atoms with Crippen LogP contribution in [0.1, 0.15) is 30.7 Å². The van der Waals surface area contributed by atoms with E-state index < -0.39 is 23.5 Å². The van der Waals surface area contributed by atoms with Gasteiger partial charge in [-0.05, 0) is 70.0 Å². The van der Waals surface area contributed by atoms with E-state index in [0.29, 0.717) is 30.8 Å². The van der Waals surface area contributed by atoms with Gasteiger partial charge in [0.25, 0.3) is 0 Å². The molecule has 7 nitrogen and oxygen atoms in total. The molecule has 2 aromatic carbocycles. The largest absolute Gasteiger partial charge is 0.491 e. The van der Waals surface area contributed by atoms with E-state index >= 15 is 0 Å². The van der Waals surface area contributed by atoms with Crippen LogP contribution in [0.5, 0.6) is 5.75 Å². The Kier molecular flexibility index (Phi) is 7.02. The van der Waals surface area contributed by atoms with Crippen LogP contribution in [-0.2, 0) is 4.79 Å². The van der Waals surface area contributed by atoms with Crippen molar-refractivity contribution in [3.05, 3.63) is 53.3 Å². The molecule has 2 saturated heterocycles. The number of rotatable bonds is 8. The number of carbonyl (C=O) groups excluding carboxylic acids is 1. The van der Waals surface area contributed by atoms with Gasteiger partial charge in [0.2, 0.25) is 5.91 Å². The van der Waals surface area contributed by atoms with Crippen LogP contribution in [0.3, 0.4) is 0 Å². The number of fused-ring (bicyclic) bond motifs is 1. The fourth-order valence-electron chi connectivity index (χ4n) is 5.22. The minimum absolute atomic E-state index is 0.120. The van der Waals surface area contributed by atoms with Crippen molar-refractivity contribution in [2.75, 3.05) is 31.1 Å². The SMILES string of the molecule is Cc1nc2cc(OCC(O)CC3(NC4CCN(c5ccccc5F)C4=O)CCNCC3)ccc2s1. The zero-order valence-corrected chi connectivity index (χ0v) is 20.6. The van der Waals surface area contributed by atoms with Gasteiger partial charge >= 0.3 is 0 Å². The number of aryl methyl sites for hydroxylation is 1. The van der Waals surface area contributed by atoms with Gasteiger partial charge in [-0.2, -0.15) is 0 Å². The summed E-state index contributed by atoms with van der Waals surface area (Å²) in [4.78, 5) is 19.2. The van der Waals surface area contributed by atoms with E-state index in [2.05, 4.69) is 15.6 Å². The number of hydrogen-bond acceptors (Lipinski definition) is 7. The minimum atomic E-state index is -0.701. The number of benzene rings is 2. The molecule has 3 aromatic rings. The molecule has 2 unspecified atom stereocenters. The highest BCUT2D eigenvalue weighted by Gasteiger charge is 2.41. The first-order valence-electron chi connectivity index (χ1n) is 12.1. The maximum atomic E-state index is 14.3. The number of hydrogen-bond donors (Lipinski definition) is 3. The normalized spacial score (nSPS) is 20.9. The van der Waals surface area contributed by atoms with Gasteiger partial charge in [-0.3, -0.25) is 4.79 Å². The summed E-state index contributed by atoms with van der Waals surface area (Å²) in [6.07, 6.45) is 1.94. The smallest absolute Gasteiger partial charge is 0.244 e. The van der Waals surface area contributed by atoms with E-state index in [0.717, 1.165) is 41.2 Å². The highest BCUT2D eigenvalue weighted by atomic mass is 32.1. The highest BCUT2D eigenvalue weighted by molar-refractivity contribution is 7.18. The number of carbonyl (C=O) groups is 1. The Balaban J connectivity index is 1.23. The van der Waals surface area contributed by atoms with Crippen molar-refractivity contribution in [2.24, 2.45) is 0 Å². The average molecular weight is 499 g/mol. The van der Waals surface area contributed by atoms with Crippen molar-refractivity contribution < 1.29 is 19.0 Å². The Morgan fingerprint density at radius 1 is 1.31 bits per heavy atom. The summed E-state index contributed by atoms with van der Waals surface area (Å²) >= 11 is 1.64. The predicted octanol–water partition coefficient (Wildman–Crippen LogP) is 3.39. The Hall–Kier alpha value is -2.59. The number of halogens is 1. The number of piperidine rings is 1. The van der Waals surface area contributed by atoms with Crippen LogP contribution in [0.2, 0.25) is 0 Å². The number of para-hydroxylation sites is 1. The van der Waals surface area contributed by atoms with Crippen LogP contribution in [0.25, 0.3) is 10.2 Å². The van der Waals surface area contributed by atoms with Crippen LogP contribution < -0.4 is 20.3 Å². The molecule has 0 bridgehead atoms. The van der Waals surface area contributed by atoms with E-state index in [1.807, 2.05) is 25.1 Å². The highest BCUT2D eigenvalue weighted by Crippen LogP contribution is 2.30. The van der Waals surface area contributed by atoms with Crippen molar-refractivity contribution in [1.82, 2.24) is 15.6 Å². The van der Waals surface area contributed by atoms with Crippen molar-refractivity contribution >= 4 is 33.1 Å². The van der Waals surface area contributed by atoms with Gasteiger partial charge in [0, 0.05) is 18.2 Å². The third kappa shape index (κ3) is 5.33. The number of nitrogens with zero attached hydrogens (tertiary/aromatic N) is 2. The maximum absolute atomic E-state index is 14.3. The Morgan fingerprint density at radius 2 is 2.11 bits per heavy atom. The average Bonchev–Trinajstić information content (AvgIpc) is 3.39. The topological polar surface area (TPSA) is 86.7 Å². The summed E-state index contributed by atoms with van der Waals surface area (Å²) in [5, 5.41) is 18.9. The molecule has 2 aliphatic rings. The van der Waals surface area contributed by atoms with Crippen LogP contribution in [0.15, 0.2) is 42.5 Å². The molecule has 3 heterocycles. The van der Waals surface area contributed by atoms with E-state index in [-0.39, 0.29) is 12.5 Å². The summed E-state index contributed by atoms with van der Waals surface area (Å²) in [6.45, 7) is 4.21. The number of ether oxygens (including phenoxy) is 1. The van der Waals surface area contributed by atoms with Crippen molar-refractivity contribution in [3.63, 3.8) is 0 Å². The lowest BCUT2D eigenvalue weighted by molar-refractivity contribution is -0.119. The van der Waals surface area contributed by atoms with Gasteiger partial charge in [-0.15, -0.1) is 11.3 Å². The predicted molar refractivity (Wildman–Crippen MR) is 136 cm³/mol. The minimum Gasteiger partial charge on any atom is -0.491 e. The molecule has 186 valence electrons. The Bertz CT molecular complexity index is 1200. The van der Waals surface area contributed by atoms with Gasteiger partial charge < -0.3 is 25.4 Å². The van der Waals surface area contributed by atoms with Crippen molar-refractivity contribution in [1.29, 1.82) is 0 Å². The summed E-state index contributed by atoms with van der Waals surface area (Å²) in [5.41, 5.74) is 0.826. The number of nitrogens with one attached hydrogen (secondary N) is 2. The van der Waals surface area contributed by atoms with Crippen LogP contribution in [-0.4, -0.2) is 59.9 Å². The molecule has 9 heteroatoms. The molecule has 0 saturated carbocycles. The van der Waals surface area contributed by atoms with Crippen molar-refractivity contribution in [3.8, 4) is 5.75 Å². The lowest BCUT2D eigenvalue weighted by atomic mass is 9.82. The molecule has 1 amide bonds. The molecule has 2 atom stereocenters. The number of anilines is 1.